The molecule has 1 amide bonds. The predicted octanol–water partition coefficient (Wildman–Crippen LogP) is 1.76. The van der Waals surface area contributed by atoms with Gasteiger partial charge in [0.2, 0.25) is 0 Å². The first kappa shape index (κ1) is 15.3. The highest BCUT2D eigenvalue weighted by atomic mass is 127. The van der Waals surface area contributed by atoms with Gasteiger partial charge in [0.25, 0.3) is 0 Å². The van der Waals surface area contributed by atoms with Crippen LogP contribution in [0, 0.1) is 0 Å². The fourth-order valence-corrected chi connectivity index (χ4v) is 2.31. The van der Waals surface area contributed by atoms with Gasteiger partial charge in [0, 0.05) is 26.2 Å². The fourth-order valence-electron chi connectivity index (χ4n) is 2.00. The first-order chi connectivity index (χ1) is 9.35. The first-order valence-corrected chi connectivity index (χ1v) is 7.75. The van der Waals surface area contributed by atoms with Gasteiger partial charge < -0.3 is 14.5 Å². The van der Waals surface area contributed by atoms with Crippen molar-refractivity contribution in [2.45, 2.75) is 26.4 Å². The van der Waals surface area contributed by atoms with E-state index in [2.05, 4.69) is 38.3 Å². The molecule has 2 aliphatic heterocycles. The van der Waals surface area contributed by atoms with E-state index in [4.69, 9.17) is 4.74 Å². The normalized spacial score (nSPS) is 19.6. The van der Waals surface area contributed by atoms with E-state index in [1.54, 1.807) is 4.90 Å². The molecule has 7 heteroatoms. The third-order valence-corrected chi connectivity index (χ3v) is 3.60. The van der Waals surface area contributed by atoms with Crippen LogP contribution in [0.5, 0.6) is 0 Å². The fraction of sp³-hybridized carbons (Fsp3) is 0.615. The Morgan fingerprint density at radius 1 is 1.20 bits per heavy atom. The number of ether oxygens (including phenoxy) is 1. The molecule has 0 atom stereocenters. The lowest BCUT2D eigenvalue weighted by Gasteiger charge is -2.38. The molecule has 2 rings (SSSR count). The number of carbonyl (C=O) groups is 1. The van der Waals surface area contributed by atoms with Crippen molar-refractivity contribution in [3.05, 3.63) is 21.7 Å². The minimum Gasteiger partial charge on any atom is -0.444 e. The van der Waals surface area contributed by atoms with Gasteiger partial charge in [0.15, 0.2) is 0 Å². The van der Waals surface area contributed by atoms with E-state index in [9.17, 15) is 4.79 Å². The van der Waals surface area contributed by atoms with Crippen LogP contribution in [0.25, 0.3) is 0 Å². The molecule has 2 heterocycles. The number of allylic oxidation sites excluding steroid dienone is 2. The van der Waals surface area contributed by atoms with Crippen molar-refractivity contribution >= 4 is 28.7 Å². The highest BCUT2D eigenvalue weighted by Crippen LogP contribution is 2.15. The molecule has 0 aromatic carbocycles. The number of carbonyl (C=O) groups excluding carboxylic acids is 1. The van der Waals surface area contributed by atoms with Gasteiger partial charge in [-0.05, 0) is 55.5 Å². The second-order valence-corrected chi connectivity index (χ2v) is 6.93. The Hall–Kier alpha value is -1.12. The molecule has 1 fully saturated rings. The molecular formula is C13H21IN4O2. The average molecular weight is 392 g/mol. The zero-order valence-corrected chi connectivity index (χ0v) is 14.2. The number of piperazine rings is 1. The van der Waals surface area contributed by atoms with Gasteiger partial charge in [-0.3, -0.25) is 10.9 Å². The van der Waals surface area contributed by atoms with Crippen LogP contribution < -0.4 is 10.9 Å². The summed E-state index contributed by atoms with van der Waals surface area (Å²) in [6.07, 6.45) is 3.84. The number of rotatable bonds is 1. The Morgan fingerprint density at radius 2 is 1.85 bits per heavy atom. The molecule has 0 spiro atoms. The molecule has 20 heavy (non-hydrogen) atoms. The Balaban J connectivity index is 1.85. The van der Waals surface area contributed by atoms with Gasteiger partial charge in [-0.15, -0.1) is 0 Å². The summed E-state index contributed by atoms with van der Waals surface area (Å²) >= 11 is 2.22. The van der Waals surface area contributed by atoms with E-state index >= 15 is 0 Å². The lowest BCUT2D eigenvalue weighted by molar-refractivity contribution is 0.0163. The van der Waals surface area contributed by atoms with E-state index in [-0.39, 0.29) is 6.09 Å². The van der Waals surface area contributed by atoms with Gasteiger partial charge in [-0.1, -0.05) is 0 Å². The summed E-state index contributed by atoms with van der Waals surface area (Å²) in [6, 6.07) is 0. The Bertz CT molecular complexity index is 434. The number of hydrogen-bond donors (Lipinski definition) is 2. The predicted molar refractivity (Wildman–Crippen MR) is 85.8 cm³/mol. The molecule has 0 bridgehead atoms. The third kappa shape index (κ3) is 4.19. The van der Waals surface area contributed by atoms with Gasteiger partial charge >= 0.3 is 6.09 Å². The SMILES string of the molecule is CC(C)(C)OC(=O)N1CCN(C2=CC=C(I)NN2)CC1. The molecule has 0 radical (unpaired) electrons. The minimum absolute atomic E-state index is 0.227. The van der Waals surface area contributed by atoms with Crippen molar-refractivity contribution in [3.8, 4) is 0 Å². The van der Waals surface area contributed by atoms with Crippen molar-refractivity contribution < 1.29 is 9.53 Å². The van der Waals surface area contributed by atoms with Gasteiger partial charge in [0.1, 0.15) is 11.4 Å². The second kappa shape index (κ2) is 6.11. The maximum absolute atomic E-state index is 12.0. The second-order valence-electron chi connectivity index (χ2n) is 5.77. The van der Waals surface area contributed by atoms with Gasteiger partial charge in [-0.25, -0.2) is 4.79 Å². The summed E-state index contributed by atoms with van der Waals surface area (Å²) in [7, 11) is 0. The maximum atomic E-state index is 12.0. The summed E-state index contributed by atoms with van der Waals surface area (Å²) in [5.41, 5.74) is 5.79. The van der Waals surface area contributed by atoms with E-state index < -0.39 is 5.60 Å². The lowest BCUT2D eigenvalue weighted by atomic mass is 10.2. The molecule has 2 N–H and O–H groups in total. The lowest BCUT2D eigenvalue weighted by Crippen LogP contribution is -2.52. The van der Waals surface area contributed by atoms with E-state index in [1.165, 1.54) is 0 Å². The first-order valence-electron chi connectivity index (χ1n) is 6.67. The topological polar surface area (TPSA) is 56.8 Å². The monoisotopic (exact) mass is 392 g/mol. The van der Waals surface area contributed by atoms with Crippen LogP contribution in [0.1, 0.15) is 20.8 Å². The van der Waals surface area contributed by atoms with Crippen LogP contribution >= 0.6 is 22.6 Å². The van der Waals surface area contributed by atoms with E-state index in [1.807, 2.05) is 32.9 Å². The third-order valence-electron chi connectivity index (χ3n) is 2.97. The summed E-state index contributed by atoms with van der Waals surface area (Å²) in [5, 5.41) is 0. The van der Waals surface area contributed by atoms with Crippen molar-refractivity contribution in [1.29, 1.82) is 0 Å². The Kier molecular flexibility index (Phi) is 4.66. The van der Waals surface area contributed by atoms with Crippen LogP contribution in [0.3, 0.4) is 0 Å². The molecule has 0 aromatic rings. The average Bonchev–Trinajstić information content (AvgIpc) is 2.38. The molecular weight excluding hydrogens is 371 g/mol. The number of halogens is 1. The molecule has 2 aliphatic rings. The number of hydrogen-bond acceptors (Lipinski definition) is 5. The molecule has 6 nitrogen and oxygen atoms in total. The van der Waals surface area contributed by atoms with Crippen LogP contribution in [-0.2, 0) is 4.74 Å². The van der Waals surface area contributed by atoms with E-state index in [0.29, 0.717) is 13.1 Å². The maximum Gasteiger partial charge on any atom is 0.410 e. The highest BCUT2D eigenvalue weighted by molar-refractivity contribution is 14.1. The summed E-state index contributed by atoms with van der Waals surface area (Å²) in [4.78, 5) is 15.9. The molecule has 0 unspecified atom stereocenters. The zero-order valence-electron chi connectivity index (χ0n) is 12.1. The number of amides is 1. The Morgan fingerprint density at radius 3 is 2.35 bits per heavy atom. The summed E-state index contributed by atoms with van der Waals surface area (Å²) in [5.74, 6) is 1.04. The number of nitrogens with zero attached hydrogens (tertiary/aromatic N) is 2. The molecule has 0 aromatic heterocycles. The Labute approximate surface area is 133 Å². The molecule has 0 aliphatic carbocycles. The number of hydrazine groups is 1. The largest absolute Gasteiger partial charge is 0.444 e. The van der Waals surface area contributed by atoms with Crippen LogP contribution in [0.4, 0.5) is 4.79 Å². The van der Waals surface area contributed by atoms with Crippen LogP contribution in [0.15, 0.2) is 21.7 Å². The minimum atomic E-state index is -0.437. The smallest absolute Gasteiger partial charge is 0.410 e. The summed E-state index contributed by atoms with van der Waals surface area (Å²) < 4.78 is 6.44. The van der Waals surface area contributed by atoms with Crippen LogP contribution in [-0.4, -0.2) is 47.7 Å². The van der Waals surface area contributed by atoms with Crippen molar-refractivity contribution in [2.75, 3.05) is 26.2 Å². The zero-order chi connectivity index (χ0) is 14.8. The molecule has 1 saturated heterocycles. The van der Waals surface area contributed by atoms with E-state index in [0.717, 1.165) is 22.6 Å². The van der Waals surface area contributed by atoms with Gasteiger partial charge in [0.05, 0.1) is 3.70 Å². The summed E-state index contributed by atoms with van der Waals surface area (Å²) in [6.45, 7) is 8.60. The molecule has 112 valence electrons. The van der Waals surface area contributed by atoms with Gasteiger partial charge in [-0.2, -0.15) is 0 Å². The number of nitrogens with one attached hydrogen (secondary N) is 2. The quantitative estimate of drug-likeness (QED) is 0.526. The highest BCUT2D eigenvalue weighted by Gasteiger charge is 2.26. The van der Waals surface area contributed by atoms with Crippen molar-refractivity contribution in [1.82, 2.24) is 20.7 Å². The molecule has 0 saturated carbocycles. The van der Waals surface area contributed by atoms with Crippen molar-refractivity contribution in [2.24, 2.45) is 0 Å². The van der Waals surface area contributed by atoms with Crippen molar-refractivity contribution in [3.63, 3.8) is 0 Å². The van der Waals surface area contributed by atoms with Crippen LogP contribution in [0.2, 0.25) is 0 Å². The standard InChI is InChI=1S/C13H21IN4O2/c1-13(2,3)20-12(19)18-8-6-17(7-9-18)11-5-4-10(14)15-16-11/h4-5,15-16H,6-9H2,1-3H3.